The lowest BCUT2D eigenvalue weighted by Crippen LogP contribution is -2.12. The number of aromatic nitrogens is 1. The number of hydrogen-bond acceptors (Lipinski definition) is 4. The van der Waals surface area contributed by atoms with E-state index in [0.29, 0.717) is 24.0 Å². The molecule has 5 nitrogen and oxygen atoms in total. The Morgan fingerprint density at radius 1 is 1.45 bits per heavy atom. The van der Waals surface area contributed by atoms with Crippen molar-refractivity contribution in [3.63, 3.8) is 0 Å². The van der Waals surface area contributed by atoms with Crippen molar-refractivity contribution >= 4 is 39.3 Å². The van der Waals surface area contributed by atoms with Gasteiger partial charge in [0.2, 0.25) is 5.91 Å². The first-order chi connectivity index (χ1) is 10.5. The molecule has 2 heterocycles. The maximum Gasteiger partial charge on any atom is 0.250 e. The van der Waals surface area contributed by atoms with Crippen LogP contribution in [0.1, 0.15) is 21.5 Å². The number of nitrogens with zero attached hydrogens (tertiary/aromatic N) is 1. The number of halogens is 2. The number of fused-ring (bicyclic) bond motifs is 1. The highest BCUT2D eigenvalue weighted by atomic mass is 79.9. The molecule has 3 rings (SSSR count). The summed E-state index contributed by atoms with van der Waals surface area (Å²) >= 11 is 9.62. The standard InChI is InChI=1S/C15H13BrClN3O2/c16-11-3-8-1-2-22-13(8)9(4-11)6-19-15-12(17)5-10(7-20-15)14(18)21/h3-5,7H,1-2,6H2,(H2,18,21)(H,19,20). The molecule has 22 heavy (non-hydrogen) atoms. The lowest BCUT2D eigenvalue weighted by atomic mass is 10.1. The summed E-state index contributed by atoms with van der Waals surface area (Å²) in [6, 6.07) is 5.57. The van der Waals surface area contributed by atoms with E-state index in [4.69, 9.17) is 22.1 Å². The van der Waals surface area contributed by atoms with Crippen LogP contribution in [0.5, 0.6) is 5.75 Å². The normalized spacial score (nSPS) is 12.6. The van der Waals surface area contributed by atoms with Crippen molar-refractivity contribution in [1.82, 2.24) is 4.98 Å². The van der Waals surface area contributed by atoms with Crippen LogP contribution in [0.2, 0.25) is 5.02 Å². The number of rotatable bonds is 4. The molecule has 0 saturated carbocycles. The molecular formula is C15H13BrClN3O2. The molecule has 1 amide bonds. The predicted molar refractivity (Wildman–Crippen MR) is 88.4 cm³/mol. The zero-order valence-electron chi connectivity index (χ0n) is 11.5. The molecule has 0 atom stereocenters. The fourth-order valence-corrected chi connectivity index (χ4v) is 3.14. The summed E-state index contributed by atoms with van der Waals surface area (Å²) in [5.74, 6) is 0.859. The second kappa shape index (κ2) is 6.14. The minimum absolute atomic E-state index is 0.280. The summed E-state index contributed by atoms with van der Waals surface area (Å²) < 4.78 is 6.69. The second-order valence-corrected chi connectivity index (χ2v) is 6.25. The molecule has 1 aromatic carbocycles. The van der Waals surface area contributed by atoms with Gasteiger partial charge < -0.3 is 15.8 Å². The Hall–Kier alpha value is -1.79. The molecule has 0 bridgehead atoms. The number of hydrogen-bond donors (Lipinski definition) is 2. The Morgan fingerprint density at radius 3 is 3.00 bits per heavy atom. The highest BCUT2D eigenvalue weighted by Crippen LogP contribution is 2.33. The van der Waals surface area contributed by atoms with E-state index in [0.717, 1.165) is 22.2 Å². The van der Waals surface area contributed by atoms with Gasteiger partial charge in [0.15, 0.2) is 0 Å². The quantitative estimate of drug-likeness (QED) is 0.851. The van der Waals surface area contributed by atoms with Crippen LogP contribution >= 0.6 is 27.5 Å². The fraction of sp³-hybridized carbons (Fsp3) is 0.200. The zero-order valence-corrected chi connectivity index (χ0v) is 13.9. The Labute approximate surface area is 140 Å². The number of nitrogens with two attached hydrogens (primary N) is 1. The van der Waals surface area contributed by atoms with Gasteiger partial charge in [-0.3, -0.25) is 4.79 Å². The molecule has 1 aliphatic rings. The van der Waals surface area contributed by atoms with Crippen LogP contribution in [0.25, 0.3) is 0 Å². The third kappa shape index (κ3) is 3.03. The number of anilines is 1. The largest absolute Gasteiger partial charge is 0.493 e. The summed E-state index contributed by atoms with van der Waals surface area (Å²) in [4.78, 5) is 15.2. The average molecular weight is 383 g/mol. The van der Waals surface area contributed by atoms with Gasteiger partial charge in [-0.15, -0.1) is 0 Å². The fourth-order valence-electron chi connectivity index (χ4n) is 2.36. The van der Waals surface area contributed by atoms with Gasteiger partial charge in [0.05, 0.1) is 17.2 Å². The van der Waals surface area contributed by atoms with E-state index in [1.165, 1.54) is 17.8 Å². The molecule has 0 radical (unpaired) electrons. The van der Waals surface area contributed by atoms with Gasteiger partial charge in [0, 0.05) is 29.2 Å². The monoisotopic (exact) mass is 381 g/mol. The first-order valence-electron chi connectivity index (χ1n) is 6.68. The SMILES string of the molecule is NC(=O)c1cnc(NCc2cc(Br)cc3c2OCC3)c(Cl)c1. The maximum absolute atomic E-state index is 11.1. The van der Waals surface area contributed by atoms with Crippen molar-refractivity contribution in [3.05, 3.63) is 50.6 Å². The summed E-state index contributed by atoms with van der Waals surface area (Å²) in [7, 11) is 0. The van der Waals surface area contributed by atoms with Gasteiger partial charge in [-0.1, -0.05) is 27.5 Å². The number of amides is 1. The Kier molecular flexibility index (Phi) is 4.22. The topological polar surface area (TPSA) is 77.2 Å². The number of nitrogens with one attached hydrogen (secondary N) is 1. The smallest absolute Gasteiger partial charge is 0.250 e. The van der Waals surface area contributed by atoms with E-state index in [9.17, 15) is 4.79 Å². The predicted octanol–water partition coefficient (Wildman–Crippen LogP) is 3.14. The molecule has 7 heteroatoms. The van der Waals surface area contributed by atoms with Crippen LogP contribution in [0, 0.1) is 0 Å². The summed E-state index contributed by atoms with van der Waals surface area (Å²) in [5, 5.41) is 3.51. The summed E-state index contributed by atoms with van der Waals surface area (Å²) in [6.45, 7) is 1.22. The van der Waals surface area contributed by atoms with Crippen LogP contribution in [-0.4, -0.2) is 17.5 Å². The molecule has 0 unspecified atom stereocenters. The minimum Gasteiger partial charge on any atom is -0.493 e. The third-order valence-electron chi connectivity index (χ3n) is 3.40. The van der Waals surface area contributed by atoms with Gasteiger partial charge in [0.1, 0.15) is 11.6 Å². The van der Waals surface area contributed by atoms with Crippen molar-refractivity contribution in [3.8, 4) is 5.75 Å². The molecule has 1 aromatic heterocycles. The summed E-state index contributed by atoms with van der Waals surface area (Å²) in [6.07, 6.45) is 2.31. The first kappa shape index (κ1) is 15.1. The average Bonchev–Trinajstić information content (AvgIpc) is 2.93. The van der Waals surface area contributed by atoms with E-state index in [-0.39, 0.29) is 5.56 Å². The van der Waals surface area contributed by atoms with Gasteiger partial charge >= 0.3 is 0 Å². The molecule has 0 saturated heterocycles. The molecular weight excluding hydrogens is 370 g/mol. The highest BCUT2D eigenvalue weighted by molar-refractivity contribution is 9.10. The van der Waals surface area contributed by atoms with E-state index in [2.05, 4.69) is 32.3 Å². The second-order valence-electron chi connectivity index (χ2n) is 4.92. The van der Waals surface area contributed by atoms with Crippen LogP contribution in [-0.2, 0) is 13.0 Å². The number of carbonyl (C=O) groups is 1. The van der Waals surface area contributed by atoms with Gasteiger partial charge in [0.25, 0.3) is 0 Å². The molecule has 0 fully saturated rings. The molecule has 114 valence electrons. The van der Waals surface area contributed by atoms with E-state index < -0.39 is 5.91 Å². The first-order valence-corrected chi connectivity index (χ1v) is 7.85. The Bertz CT molecular complexity index is 752. The van der Waals surface area contributed by atoms with Crippen molar-refractivity contribution in [2.45, 2.75) is 13.0 Å². The van der Waals surface area contributed by atoms with Gasteiger partial charge in [-0.05, 0) is 23.8 Å². The highest BCUT2D eigenvalue weighted by Gasteiger charge is 2.17. The maximum atomic E-state index is 11.1. The molecule has 3 N–H and O–H groups in total. The number of carbonyl (C=O) groups excluding carboxylic acids is 1. The van der Waals surface area contributed by atoms with Gasteiger partial charge in [-0.25, -0.2) is 4.98 Å². The number of ether oxygens (including phenoxy) is 1. The van der Waals surface area contributed by atoms with Crippen molar-refractivity contribution in [1.29, 1.82) is 0 Å². The Morgan fingerprint density at radius 2 is 2.27 bits per heavy atom. The number of pyridine rings is 1. The van der Waals surface area contributed by atoms with Crippen molar-refractivity contribution in [2.24, 2.45) is 5.73 Å². The zero-order chi connectivity index (χ0) is 15.7. The van der Waals surface area contributed by atoms with Crippen molar-refractivity contribution in [2.75, 3.05) is 11.9 Å². The van der Waals surface area contributed by atoms with Crippen LogP contribution < -0.4 is 15.8 Å². The van der Waals surface area contributed by atoms with Crippen LogP contribution in [0.4, 0.5) is 5.82 Å². The van der Waals surface area contributed by atoms with Crippen LogP contribution in [0.3, 0.4) is 0 Å². The van der Waals surface area contributed by atoms with E-state index >= 15 is 0 Å². The lowest BCUT2D eigenvalue weighted by molar-refractivity contribution is 0.1000. The van der Waals surface area contributed by atoms with E-state index in [1.54, 1.807) is 0 Å². The molecule has 2 aromatic rings. The van der Waals surface area contributed by atoms with E-state index in [1.807, 2.05) is 6.07 Å². The summed E-state index contributed by atoms with van der Waals surface area (Å²) in [5.41, 5.74) is 7.69. The molecule has 0 aliphatic carbocycles. The number of benzene rings is 1. The number of primary amides is 1. The van der Waals surface area contributed by atoms with Crippen LogP contribution in [0.15, 0.2) is 28.9 Å². The minimum atomic E-state index is -0.556. The Balaban J connectivity index is 1.80. The molecule has 0 spiro atoms. The third-order valence-corrected chi connectivity index (χ3v) is 4.14. The van der Waals surface area contributed by atoms with Gasteiger partial charge in [-0.2, -0.15) is 0 Å². The molecule has 1 aliphatic heterocycles. The van der Waals surface area contributed by atoms with Crippen molar-refractivity contribution < 1.29 is 9.53 Å². The lowest BCUT2D eigenvalue weighted by Gasteiger charge is -2.12.